The zero-order valence-electron chi connectivity index (χ0n) is 9.02. The van der Waals surface area contributed by atoms with Gasteiger partial charge in [-0.2, -0.15) is 0 Å². The Bertz CT molecular complexity index is 188. The second-order valence-electron chi connectivity index (χ2n) is 2.98. The van der Waals surface area contributed by atoms with Gasteiger partial charge in [0.05, 0.1) is 0 Å². The monoisotopic (exact) mass is 196 g/mol. The first kappa shape index (κ1) is 13.1. The molecule has 0 radical (unpaired) electrons. The van der Waals surface area contributed by atoms with Crippen LogP contribution in [0.4, 0.5) is 0 Å². The third-order valence-electron chi connectivity index (χ3n) is 1.79. The Morgan fingerprint density at radius 1 is 1.14 bits per heavy atom. The fourth-order valence-corrected chi connectivity index (χ4v) is 0.932. The maximum absolute atomic E-state index is 8.41. The van der Waals surface area contributed by atoms with Gasteiger partial charge in [-0.05, 0) is 19.3 Å². The fraction of sp³-hybridized carbons (Fsp3) is 0.500. The molecule has 0 aliphatic rings. The van der Waals surface area contributed by atoms with Crippen molar-refractivity contribution in [2.75, 3.05) is 0 Å². The third-order valence-corrected chi connectivity index (χ3v) is 1.79. The Kier molecular flexibility index (Phi) is 9.59. The van der Waals surface area contributed by atoms with Crippen molar-refractivity contribution in [3.05, 3.63) is 36.5 Å². The van der Waals surface area contributed by atoms with Crippen molar-refractivity contribution in [1.82, 2.24) is 0 Å². The van der Waals surface area contributed by atoms with E-state index in [0.717, 1.165) is 19.3 Å². The summed E-state index contributed by atoms with van der Waals surface area (Å²) in [6.45, 7) is 4.07. The van der Waals surface area contributed by atoms with Crippen molar-refractivity contribution < 1.29 is 10.1 Å². The summed E-state index contributed by atoms with van der Waals surface area (Å²) < 4.78 is 0. The van der Waals surface area contributed by atoms with E-state index < -0.39 is 0 Å². The molecule has 0 aromatic heterocycles. The summed E-state index contributed by atoms with van der Waals surface area (Å²) in [5, 5.41) is 8.41. The lowest BCUT2D eigenvalue weighted by atomic mass is 10.2. The van der Waals surface area contributed by atoms with Gasteiger partial charge in [0.25, 0.3) is 0 Å². The summed E-state index contributed by atoms with van der Waals surface area (Å²) in [5.74, 6) is 0. The molecule has 0 saturated heterocycles. The Morgan fingerprint density at radius 3 is 2.50 bits per heavy atom. The van der Waals surface area contributed by atoms with Gasteiger partial charge in [-0.3, -0.25) is 5.26 Å². The van der Waals surface area contributed by atoms with Crippen LogP contribution < -0.4 is 0 Å². The zero-order valence-corrected chi connectivity index (χ0v) is 9.02. The van der Waals surface area contributed by atoms with E-state index in [0.29, 0.717) is 0 Å². The molecule has 0 amide bonds. The summed E-state index contributed by atoms with van der Waals surface area (Å²) in [6, 6.07) is 0. The highest BCUT2D eigenvalue weighted by molar-refractivity contribution is 5.06. The summed E-state index contributed by atoms with van der Waals surface area (Å²) >= 11 is 0. The molecule has 0 heterocycles. The molecule has 2 heteroatoms. The van der Waals surface area contributed by atoms with Crippen LogP contribution in [0.5, 0.6) is 0 Å². The van der Waals surface area contributed by atoms with E-state index in [1.54, 1.807) is 0 Å². The number of hydrogen-bond acceptors (Lipinski definition) is 2. The molecule has 0 aromatic rings. The molecule has 14 heavy (non-hydrogen) atoms. The fourth-order valence-electron chi connectivity index (χ4n) is 0.932. The molecule has 0 saturated carbocycles. The van der Waals surface area contributed by atoms with E-state index in [4.69, 9.17) is 5.26 Å². The van der Waals surface area contributed by atoms with Crippen molar-refractivity contribution in [3.63, 3.8) is 0 Å². The van der Waals surface area contributed by atoms with Crippen LogP contribution in [-0.2, 0) is 4.89 Å². The van der Waals surface area contributed by atoms with E-state index in [9.17, 15) is 0 Å². The SMILES string of the molecule is CC/C=C\C/C=C\C=C\C(CC)OO. The van der Waals surface area contributed by atoms with Crippen LogP contribution in [0.2, 0.25) is 0 Å². The lowest BCUT2D eigenvalue weighted by Crippen LogP contribution is -2.03. The lowest BCUT2D eigenvalue weighted by Gasteiger charge is -2.02. The molecule has 0 aromatic carbocycles. The van der Waals surface area contributed by atoms with Gasteiger partial charge in [-0.25, -0.2) is 4.89 Å². The highest BCUT2D eigenvalue weighted by atomic mass is 17.1. The van der Waals surface area contributed by atoms with Gasteiger partial charge < -0.3 is 0 Å². The summed E-state index contributed by atoms with van der Waals surface area (Å²) in [4.78, 5) is 4.21. The number of allylic oxidation sites excluding steroid dienone is 5. The summed E-state index contributed by atoms with van der Waals surface area (Å²) in [5.41, 5.74) is 0. The average molecular weight is 196 g/mol. The third kappa shape index (κ3) is 7.77. The average Bonchev–Trinajstić information content (AvgIpc) is 2.22. The second-order valence-corrected chi connectivity index (χ2v) is 2.98. The Morgan fingerprint density at radius 2 is 1.93 bits per heavy atom. The van der Waals surface area contributed by atoms with Gasteiger partial charge in [-0.15, -0.1) is 0 Å². The zero-order chi connectivity index (χ0) is 10.6. The molecule has 0 spiro atoms. The maximum Gasteiger partial charge on any atom is 0.111 e. The maximum atomic E-state index is 8.41. The van der Waals surface area contributed by atoms with Crippen molar-refractivity contribution in [3.8, 4) is 0 Å². The van der Waals surface area contributed by atoms with Crippen molar-refractivity contribution >= 4 is 0 Å². The highest BCUT2D eigenvalue weighted by Gasteiger charge is 1.96. The Balaban J connectivity index is 3.63. The van der Waals surface area contributed by atoms with Crippen LogP contribution in [0.25, 0.3) is 0 Å². The molecule has 1 unspecified atom stereocenters. The predicted octanol–water partition coefficient (Wildman–Crippen LogP) is 3.72. The van der Waals surface area contributed by atoms with Gasteiger partial charge in [0.2, 0.25) is 0 Å². The van der Waals surface area contributed by atoms with Crippen LogP contribution in [0.3, 0.4) is 0 Å². The van der Waals surface area contributed by atoms with Gasteiger partial charge in [0.15, 0.2) is 0 Å². The topological polar surface area (TPSA) is 29.5 Å². The van der Waals surface area contributed by atoms with E-state index >= 15 is 0 Å². The molecular weight excluding hydrogens is 176 g/mol. The molecule has 2 nitrogen and oxygen atoms in total. The highest BCUT2D eigenvalue weighted by Crippen LogP contribution is 1.97. The summed E-state index contributed by atoms with van der Waals surface area (Å²) in [7, 11) is 0. The minimum atomic E-state index is -0.189. The van der Waals surface area contributed by atoms with Gasteiger partial charge in [0, 0.05) is 0 Å². The first-order chi connectivity index (χ1) is 6.85. The number of rotatable bonds is 7. The van der Waals surface area contributed by atoms with E-state index in [1.807, 2.05) is 25.2 Å². The Hall–Kier alpha value is -0.860. The largest absolute Gasteiger partial charge is 0.251 e. The molecular formula is C12H20O2. The van der Waals surface area contributed by atoms with Crippen molar-refractivity contribution in [2.24, 2.45) is 0 Å². The molecule has 0 rings (SSSR count). The molecule has 0 bridgehead atoms. The first-order valence-electron chi connectivity index (χ1n) is 5.13. The van der Waals surface area contributed by atoms with Crippen LogP contribution in [0, 0.1) is 0 Å². The quantitative estimate of drug-likeness (QED) is 0.291. The van der Waals surface area contributed by atoms with Gasteiger partial charge in [-0.1, -0.05) is 50.3 Å². The number of hydrogen-bond donors (Lipinski definition) is 1. The van der Waals surface area contributed by atoms with Gasteiger partial charge in [0.1, 0.15) is 6.10 Å². The molecule has 0 aliphatic heterocycles. The standard InChI is InChI=1S/C12H20O2/c1-3-5-6-7-8-9-10-11-12(4-2)14-13/h5-6,8-13H,3-4,7H2,1-2H3/b6-5-,9-8-,11-10+. The molecule has 1 N–H and O–H groups in total. The van der Waals surface area contributed by atoms with E-state index in [2.05, 4.69) is 30.0 Å². The molecule has 1 atom stereocenters. The second kappa shape index (κ2) is 10.2. The first-order valence-corrected chi connectivity index (χ1v) is 5.13. The predicted molar refractivity (Wildman–Crippen MR) is 60.1 cm³/mol. The van der Waals surface area contributed by atoms with Gasteiger partial charge >= 0.3 is 0 Å². The molecule has 80 valence electrons. The minimum absolute atomic E-state index is 0.189. The van der Waals surface area contributed by atoms with Crippen LogP contribution in [0.1, 0.15) is 33.1 Å². The summed E-state index contributed by atoms with van der Waals surface area (Å²) in [6.07, 6.45) is 14.6. The van der Waals surface area contributed by atoms with Crippen molar-refractivity contribution in [1.29, 1.82) is 0 Å². The van der Waals surface area contributed by atoms with E-state index in [-0.39, 0.29) is 6.10 Å². The smallest absolute Gasteiger partial charge is 0.111 e. The minimum Gasteiger partial charge on any atom is -0.251 e. The van der Waals surface area contributed by atoms with Crippen LogP contribution >= 0.6 is 0 Å². The lowest BCUT2D eigenvalue weighted by molar-refractivity contribution is -0.266. The van der Waals surface area contributed by atoms with Crippen molar-refractivity contribution in [2.45, 2.75) is 39.2 Å². The normalized spacial score (nSPS) is 14.8. The Labute approximate surface area is 86.5 Å². The van der Waals surface area contributed by atoms with Crippen LogP contribution in [-0.4, -0.2) is 11.4 Å². The van der Waals surface area contributed by atoms with Crippen LogP contribution in [0.15, 0.2) is 36.5 Å². The molecule has 0 fully saturated rings. The van der Waals surface area contributed by atoms with E-state index in [1.165, 1.54) is 0 Å². The molecule has 0 aliphatic carbocycles.